The van der Waals surface area contributed by atoms with E-state index in [1.807, 2.05) is 30.3 Å². The number of nitrogens with one attached hydrogen (secondary N) is 2. The number of rotatable bonds is 2. The van der Waals surface area contributed by atoms with E-state index in [2.05, 4.69) is 26.8 Å². The van der Waals surface area contributed by atoms with Crippen LogP contribution in [0.1, 0.15) is 22.0 Å². The fraction of sp³-hybridized carbons (Fsp3) is 0.222. The average Bonchev–Trinajstić information content (AvgIpc) is 2.66. The Kier molecular flexibility index (Phi) is 5.67. The first kappa shape index (κ1) is 17.4. The standard InChI is InChI=1S/C18H18BrN3O3/c19-15-8-4-7-14(11-15)16-12-22(9-10-25-16)18(24)21-20-17(23)13-5-2-1-3-6-13/h1-8,11,16H,9-10,12H2,(H,20,23)(H,21,24)/t16-/m1/s1. The molecule has 2 aromatic rings. The second kappa shape index (κ2) is 8.13. The molecule has 0 aromatic heterocycles. The number of halogens is 1. The highest BCUT2D eigenvalue weighted by atomic mass is 79.9. The van der Waals surface area contributed by atoms with Crippen molar-refractivity contribution in [3.8, 4) is 0 Å². The zero-order valence-electron chi connectivity index (χ0n) is 13.4. The van der Waals surface area contributed by atoms with Gasteiger partial charge in [0.1, 0.15) is 6.10 Å². The Morgan fingerprint density at radius 1 is 1.08 bits per heavy atom. The summed E-state index contributed by atoms with van der Waals surface area (Å²) < 4.78 is 6.73. The van der Waals surface area contributed by atoms with Crippen molar-refractivity contribution in [2.75, 3.05) is 19.7 Å². The Bertz CT molecular complexity index is 754. The van der Waals surface area contributed by atoms with Crippen LogP contribution in [0.25, 0.3) is 0 Å². The fourth-order valence-electron chi connectivity index (χ4n) is 2.59. The van der Waals surface area contributed by atoms with Crippen LogP contribution in [0.2, 0.25) is 0 Å². The van der Waals surface area contributed by atoms with Gasteiger partial charge in [0.05, 0.1) is 13.2 Å². The van der Waals surface area contributed by atoms with E-state index in [0.717, 1.165) is 10.0 Å². The van der Waals surface area contributed by atoms with Crippen molar-refractivity contribution in [2.45, 2.75) is 6.10 Å². The number of benzene rings is 2. The van der Waals surface area contributed by atoms with Crippen molar-refractivity contribution < 1.29 is 14.3 Å². The molecule has 1 aliphatic heterocycles. The average molecular weight is 404 g/mol. The van der Waals surface area contributed by atoms with Crippen LogP contribution in [0.3, 0.4) is 0 Å². The van der Waals surface area contributed by atoms with Gasteiger partial charge in [-0.1, -0.05) is 46.3 Å². The number of hydrogen-bond acceptors (Lipinski definition) is 3. The third-order valence-corrected chi connectivity index (χ3v) is 4.39. The molecule has 7 heteroatoms. The molecule has 0 bridgehead atoms. The van der Waals surface area contributed by atoms with Gasteiger partial charge in [0.2, 0.25) is 0 Å². The lowest BCUT2D eigenvalue weighted by Crippen LogP contribution is -2.52. The maximum absolute atomic E-state index is 12.3. The van der Waals surface area contributed by atoms with Crippen LogP contribution < -0.4 is 10.9 Å². The van der Waals surface area contributed by atoms with Crippen LogP contribution in [0, 0.1) is 0 Å². The number of hydrogen-bond donors (Lipinski definition) is 2. The Morgan fingerprint density at radius 3 is 2.64 bits per heavy atom. The molecule has 2 N–H and O–H groups in total. The minimum Gasteiger partial charge on any atom is -0.370 e. The largest absolute Gasteiger partial charge is 0.370 e. The number of hydrazine groups is 1. The van der Waals surface area contributed by atoms with Gasteiger partial charge in [-0.2, -0.15) is 0 Å². The van der Waals surface area contributed by atoms with Gasteiger partial charge in [-0.3, -0.25) is 10.2 Å². The molecule has 1 heterocycles. The topological polar surface area (TPSA) is 70.7 Å². The Labute approximate surface area is 154 Å². The number of carbonyl (C=O) groups is 2. The summed E-state index contributed by atoms with van der Waals surface area (Å²) in [5, 5.41) is 0. The molecule has 1 aliphatic rings. The molecule has 1 atom stereocenters. The van der Waals surface area contributed by atoms with Crippen molar-refractivity contribution in [1.82, 2.24) is 15.8 Å². The zero-order valence-corrected chi connectivity index (χ0v) is 15.0. The maximum atomic E-state index is 12.3. The van der Waals surface area contributed by atoms with Gasteiger partial charge in [-0.25, -0.2) is 10.2 Å². The molecular formula is C18H18BrN3O3. The van der Waals surface area contributed by atoms with Gasteiger partial charge in [0.15, 0.2) is 0 Å². The summed E-state index contributed by atoms with van der Waals surface area (Å²) in [5.74, 6) is -0.356. The summed E-state index contributed by atoms with van der Waals surface area (Å²) in [4.78, 5) is 25.9. The van der Waals surface area contributed by atoms with E-state index in [4.69, 9.17) is 4.74 Å². The van der Waals surface area contributed by atoms with Crippen LogP contribution in [0.4, 0.5) is 4.79 Å². The number of amides is 3. The first-order valence-corrected chi connectivity index (χ1v) is 8.70. The number of carbonyl (C=O) groups excluding carboxylic acids is 2. The van der Waals surface area contributed by atoms with Gasteiger partial charge < -0.3 is 9.64 Å². The minimum absolute atomic E-state index is 0.193. The lowest BCUT2D eigenvalue weighted by Gasteiger charge is -2.33. The molecule has 0 saturated carbocycles. The van der Waals surface area contributed by atoms with Crippen LogP contribution in [0.5, 0.6) is 0 Å². The fourth-order valence-corrected chi connectivity index (χ4v) is 3.01. The third kappa shape index (κ3) is 4.58. The molecule has 3 amide bonds. The van der Waals surface area contributed by atoms with E-state index in [1.165, 1.54) is 0 Å². The molecule has 2 aromatic carbocycles. The second-order valence-corrected chi connectivity index (χ2v) is 6.53. The predicted octanol–water partition coefficient (Wildman–Crippen LogP) is 2.88. The van der Waals surface area contributed by atoms with E-state index in [9.17, 15) is 9.59 Å². The van der Waals surface area contributed by atoms with Gasteiger partial charge in [0, 0.05) is 16.6 Å². The van der Waals surface area contributed by atoms with Crippen molar-refractivity contribution in [3.63, 3.8) is 0 Å². The van der Waals surface area contributed by atoms with Gasteiger partial charge in [0.25, 0.3) is 5.91 Å². The van der Waals surface area contributed by atoms with Crippen LogP contribution >= 0.6 is 15.9 Å². The van der Waals surface area contributed by atoms with Crippen LogP contribution in [-0.2, 0) is 4.74 Å². The number of nitrogens with zero attached hydrogens (tertiary/aromatic N) is 1. The zero-order chi connectivity index (χ0) is 17.6. The summed E-state index contributed by atoms with van der Waals surface area (Å²) in [5.41, 5.74) is 6.37. The molecule has 0 radical (unpaired) electrons. The van der Waals surface area contributed by atoms with E-state index < -0.39 is 0 Å². The molecule has 6 nitrogen and oxygen atoms in total. The predicted molar refractivity (Wildman–Crippen MR) is 96.8 cm³/mol. The molecular weight excluding hydrogens is 386 g/mol. The Hall–Kier alpha value is -2.38. The highest BCUT2D eigenvalue weighted by Crippen LogP contribution is 2.24. The molecule has 3 rings (SSSR count). The van der Waals surface area contributed by atoms with Crippen LogP contribution in [0.15, 0.2) is 59.1 Å². The van der Waals surface area contributed by atoms with Gasteiger partial charge in [-0.05, 0) is 29.8 Å². The highest BCUT2D eigenvalue weighted by molar-refractivity contribution is 9.10. The molecule has 1 fully saturated rings. The SMILES string of the molecule is O=C(NNC(=O)N1CCO[C@@H](c2cccc(Br)c2)C1)c1ccccc1. The molecule has 25 heavy (non-hydrogen) atoms. The van der Waals surface area contributed by atoms with E-state index >= 15 is 0 Å². The highest BCUT2D eigenvalue weighted by Gasteiger charge is 2.25. The normalized spacial score (nSPS) is 17.0. The molecule has 130 valence electrons. The number of ether oxygens (including phenoxy) is 1. The monoisotopic (exact) mass is 403 g/mol. The molecule has 0 unspecified atom stereocenters. The lowest BCUT2D eigenvalue weighted by atomic mass is 10.1. The van der Waals surface area contributed by atoms with Crippen molar-refractivity contribution >= 4 is 27.9 Å². The Morgan fingerprint density at radius 2 is 1.88 bits per heavy atom. The Balaban J connectivity index is 1.56. The van der Waals surface area contributed by atoms with Crippen molar-refractivity contribution in [1.29, 1.82) is 0 Å². The second-order valence-electron chi connectivity index (χ2n) is 5.61. The first-order chi connectivity index (χ1) is 12.1. The first-order valence-electron chi connectivity index (χ1n) is 7.91. The van der Waals surface area contributed by atoms with E-state index in [1.54, 1.807) is 29.2 Å². The molecule has 1 saturated heterocycles. The number of morpholine rings is 1. The lowest BCUT2D eigenvalue weighted by molar-refractivity contribution is -0.0158. The summed E-state index contributed by atoms with van der Waals surface area (Å²) in [6, 6.07) is 16.2. The summed E-state index contributed by atoms with van der Waals surface area (Å²) in [7, 11) is 0. The smallest absolute Gasteiger partial charge is 0.336 e. The maximum Gasteiger partial charge on any atom is 0.336 e. The van der Waals surface area contributed by atoms with Crippen molar-refractivity contribution in [2.24, 2.45) is 0 Å². The quantitative estimate of drug-likeness (QED) is 0.757. The van der Waals surface area contributed by atoms with Crippen LogP contribution in [-0.4, -0.2) is 36.5 Å². The van der Waals surface area contributed by atoms with Gasteiger partial charge in [-0.15, -0.1) is 0 Å². The summed E-state index contributed by atoms with van der Waals surface area (Å²) in [6.07, 6.45) is -0.193. The van der Waals surface area contributed by atoms with Crippen molar-refractivity contribution in [3.05, 3.63) is 70.2 Å². The van der Waals surface area contributed by atoms with Gasteiger partial charge >= 0.3 is 6.03 Å². The minimum atomic E-state index is -0.356. The molecule has 0 spiro atoms. The van der Waals surface area contributed by atoms with E-state index in [0.29, 0.717) is 25.3 Å². The summed E-state index contributed by atoms with van der Waals surface area (Å²) in [6.45, 7) is 1.33. The third-order valence-electron chi connectivity index (χ3n) is 3.89. The summed E-state index contributed by atoms with van der Waals surface area (Å²) >= 11 is 3.44. The number of urea groups is 1. The molecule has 0 aliphatic carbocycles. The van der Waals surface area contributed by atoms with E-state index in [-0.39, 0.29) is 18.0 Å².